The number of benzene rings is 3. The van der Waals surface area contributed by atoms with Gasteiger partial charge in [0.1, 0.15) is 6.61 Å². The third-order valence-electron chi connectivity index (χ3n) is 6.97. The Balaban J connectivity index is 1.58. The van der Waals surface area contributed by atoms with E-state index in [0.717, 1.165) is 14.7 Å². The van der Waals surface area contributed by atoms with Gasteiger partial charge in [-0.2, -0.15) is 0 Å². The summed E-state index contributed by atoms with van der Waals surface area (Å²) in [4.78, 5) is 31.9. The van der Waals surface area contributed by atoms with Gasteiger partial charge >= 0.3 is 5.97 Å². The molecular formula is C34H32ClIN2O7S. The Morgan fingerprint density at radius 1 is 0.978 bits per heavy atom. The molecule has 1 atom stereocenters. The highest BCUT2D eigenvalue weighted by molar-refractivity contribution is 14.1. The zero-order valence-corrected chi connectivity index (χ0v) is 29.4. The average molecular weight is 775 g/mol. The second-order valence-corrected chi connectivity index (χ2v) is 12.5. The number of halogens is 2. The average Bonchev–Trinajstić information content (AvgIpc) is 3.36. The van der Waals surface area contributed by atoms with Crippen LogP contribution >= 0.6 is 45.5 Å². The molecule has 0 saturated heterocycles. The fourth-order valence-electron chi connectivity index (χ4n) is 4.98. The van der Waals surface area contributed by atoms with Gasteiger partial charge < -0.3 is 23.7 Å². The summed E-state index contributed by atoms with van der Waals surface area (Å²) < 4.78 is 31.5. The molecule has 0 unspecified atom stereocenters. The van der Waals surface area contributed by atoms with Crippen molar-refractivity contribution in [3.63, 3.8) is 0 Å². The van der Waals surface area contributed by atoms with Gasteiger partial charge in [0.2, 0.25) is 0 Å². The van der Waals surface area contributed by atoms with Crippen molar-refractivity contribution in [3.05, 3.63) is 111 Å². The molecule has 1 aliphatic heterocycles. The molecule has 0 N–H and O–H groups in total. The number of ether oxygens (including phenoxy) is 5. The van der Waals surface area contributed by atoms with Gasteiger partial charge in [0.25, 0.3) is 5.56 Å². The van der Waals surface area contributed by atoms with Crippen molar-refractivity contribution in [2.45, 2.75) is 33.4 Å². The molecule has 4 aromatic rings. The first-order chi connectivity index (χ1) is 22.3. The van der Waals surface area contributed by atoms with E-state index in [1.807, 2.05) is 63.2 Å². The van der Waals surface area contributed by atoms with E-state index in [9.17, 15) is 9.59 Å². The van der Waals surface area contributed by atoms with Crippen molar-refractivity contribution in [3.8, 4) is 23.0 Å². The second-order valence-electron chi connectivity index (χ2n) is 9.89. The fourth-order valence-corrected chi connectivity index (χ4v) is 6.92. The molecule has 9 nitrogen and oxygen atoms in total. The summed E-state index contributed by atoms with van der Waals surface area (Å²) in [7, 11) is 1.30. The van der Waals surface area contributed by atoms with Gasteiger partial charge in [0.05, 0.1) is 46.6 Å². The van der Waals surface area contributed by atoms with Gasteiger partial charge in [0.15, 0.2) is 27.8 Å². The van der Waals surface area contributed by atoms with Gasteiger partial charge in [-0.1, -0.05) is 47.2 Å². The van der Waals surface area contributed by atoms with Crippen molar-refractivity contribution in [1.82, 2.24) is 4.57 Å². The predicted octanol–water partition coefficient (Wildman–Crippen LogP) is 6.05. The van der Waals surface area contributed by atoms with E-state index < -0.39 is 12.0 Å². The first-order valence-electron chi connectivity index (χ1n) is 14.6. The number of hydrogen-bond acceptors (Lipinski definition) is 9. The molecule has 0 fully saturated rings. The number of aromatic nitrogens is 1. The molecule has 1 aliphatic rings. The number of carbonyl (C=O) groups excluding carboxylic acids is 1. The van der Waals surface area contributed by atoms with Crippen molar-refractivity contribution in [2.75, 3.05) is 26.9 Å². The van der Waals surface area contributed by atoms with Crippen molar-refractivity contribution >= 4 is 57.6 Å². The summed E-state index contributed by atoms with van der Waals surface area (Å²) in [5, 5.41) is 0.621. The molecule has 1 aromatic heterocycles. The van der Waals surface area contributed by atoms with Crippen molar-refractivity contribution < 1.29 is 28.5 Å². The molecule has 0 spiro atoms. The topological polar surface area (TPSA) is 97.6 Å². The molecule has 240 valence electrons. The van der Waals surface area contributed by atoms with Crippen LogP contribution < -0.4 is 33.8 Å². The van der Waals surface area contributed by atoms with E-state index in [1.165, 1.54) is 29.2 Å². The highest BCUT2D eigenvalue weighted by Gasteiger charge is 2.31. The van der Waals surface area contributed by atoms with Gasteiger partial charge in [-0.15, -0.1) is 0 Å². The maximum absolute atomic E-state index is 14.1. The lowest BCUT2D eigenvalue weighted by molar-refractivity contribution is -0.136. The summed E-state index contributed by atoms with van der Waals surface area (Å²) in [6, 6.07) is 15.9. The van der Waals surface area contributed by atoms with Gasteiger partial charge in [0, 0.05) is 16.8 Å². The Morgan fingerprint density at radius 3 is 2.41 bits per heavy atom. The number of fused-ring (bicyclic) bond motifs is 1. The van der Waals surface area contributed by atoms with Crippen LogP contribution in [0.5, 0.6) is 23.0 Å². The molecule has 0 saturated carbocycles. The maximum atomic E-state index is 14.1. The van der Waals surface area contributed by atoms with Gasteiger partial charge in [-0.3, -0.25) is 9.36 Å². The first kappa shape index (κ1) is 33.6. The molecule has 5 rings (SSSR count). The molecule has 0 aliphatic carbocycles. The van der Waals surface area contributed by atoms with Crippen LogP contribution in [0.4, 0.5) is 0 Å². The Morgan fingerprint density at radius 2 is 1.70 bits per heavy atom. The van der Waals surface area contributed by atoms with E-state index in [2.05, 4.69) is 27.6 Å². The molecule has 0 bridgehead atoms. The Kier molecular flexibility index (Phi) is 11.1. The Bertz CT molecular complexity index is 1970. The van der Waals surface area contributed by atoms with Crippen LogP contribution in [0.2, 0.25) is 5.02 Å². The smallest absolute Gasteiger partial charge is 0.337 e. The van der Waals surface area contributed by atoms with Crippen LogP contribution in [-0.2, 0) is 16.1 Å². The minimum atomic E-state index is -0.791. The van der Waals surface area contributed by atoms with E-state index in [-0.39, 0.29) is 17.7 Å². The van der Waals surface area contributed by atoms with Gasteiger partial charge in [-0.05, 0) is 90.9 Å². The summed E-state index contributed by atoms with van der Waals surface area (Å²) in [5.41, 5.74) is 2.17. The zero-order chi connectivity index (χ0) is 32.8. The summed E-state index contributed by atoms with van der Waals surface area (Å²) in [6.45, 7) is 7.23. The number of esters is 1. The van der Waals surface area contributed by atoms with E-state index in [4.69, 9.17) is 35.3 Å². The molecule has 3 aromatic carbocycles. The first-order valence-corrected chi connectivity index (χ1v) is 16.9. The van der Waals surface area contributed by atoms with Crippen LogP contribution in [0.3, 0.4) is 0 Å². The quantitative estimate of drug-likeness (QED) is 0.128. The highest BCUT2D eigenvalue weighted by atomic mass is 127. The number of nitrogens with zero attached hydrogens (tertiary/aromatic N) is 2. The largest absolute Gasteiger partial charge is 0.490 e. The number of hydrogen-bond donors (Lipinski definition) is 0. The minimum absolute atomic E-state index is 0.223. The molecule has 12 heteroatoms. The summed E-state index contributed by atoms with van der Waals surface area (Å²) in [6.07, 6.45) is 3.25. The Hall–Kier alpha value is -3.81. The number of methoxy groups -OCH3 is 1. The fraction of sp³-hybridized carbons (Fsp3) is 0.265. The van der Waals surface area contributed by atoms with Crippen LogP contribution in [0, 0.1) is 3.57 Å². The molecular weight excluding hydrogens is 743 g/mol. The number of carbonyl (C=O) groups is 1. The third-order valence-corrected chi connectivity index (χ3v) is 9.13. The van der Waals surface area contributed by atoms with E-state index in [0.29, 0.717) is 62.7 Å². The lowest BCUT2D eigenvalue weighted by Gasteiger charge is -2.23. The lowest BCUT2D eigenvalue weighted by Crippen LogP contribution is -2.39. The summed E-state index contributed by atoms with van der Waals surface area (Å²) in [5.74, 6) is 1.63. The molecule has 2 heterocycles. The third kappa shape index (κ3) is 7.11. The van der Waals surface area contributed by atoms with Gasteiger partial charge in [-0.25, -0.2) is 9.79 Å². The predicted molar refractivity (Wildman–Crippen MR) is 186 cm³/mol. The SMILES string of the molecule is CCOc1ccc([C@H]2C(C(=O)OC)=CN=c3s/c(=C/c4cc(I)c(OCc5ccccc5Cl)c(OCC)c4)c(=O)n32)cc1OCC. The lowest BCUT2D eigenvalue weighted by atomic mass is 9.97. The number of thiazole rings is 1. The van der Waals surface area contributed by atoms with Crippen molar-refractivity contribution in [1.29, 1.82) is 0 Å². The normalized spacial score (nSPS) is 14.2. The summed E-state index contributed by atoms with van der Waals surface area (Å²) >= 11 is 9.76. The zero-order valence-electron chi connectivity index (χ0n) is 25.7. The standard InChI is InChI=1S/C34H32ClIN2O7S/c1-5-42-26-13-12-21(17-27(26)43-6-2)30-23(33(40)41-4)18-37-34-38(30)32(39)29(46-34)16-20-14-25(36)31(28(15-20)44-7-3)45-19-22-10-8-9-11-24(22)35/h8-18,30H,5-7,19H2,1-4H3/b29-16+/t30-/m0/s1. The van der Waals surface area contributed by atoms with Crippen LogP contribution in [-0.4, -0.2) is 37.5 Å². The monoisotopic (exact) mass is 774 g/mol. The highest BCUT2D eigenvalue weighted by Crippen LogP contribution is 2.37. The minimum Gasteiger partial charge on any atom is -0.490 e. The second kappa shape index (κ2) is 15.2. The van der Waals surface area contributed by atoms with E-state index in [1.54, 1.807) is 18.2 Å². The van der Waals surface area contributed by atoms with Crippen molar-refractivity contribution in [2.24, 2.45) is 4.99 Å². The molecule has 46 heavy (non-hydrogen) atoms. The van der Waals surface area contributed by atoms with Crippen LogP contribution in [0.25, 0.3) is 6.08 Å². The molecule has 0 amide bonds. The van der Waals surface area contributed by atoms with Crippen LogP contribution in [0.15, 0.2) is 76.2 Å². The number of rotatable bonds is 12. The van der Waals surface area contributed by atoms with E-state index >= 15 is 0 Å². The van der Waals surface area contributed by atoms with Crippen LogP contribution in [0.1, 0.15) is 43.5 Å². The Labute approximate surface area is 288 Å². The maximum Gasteiger partial charge on any atom is 0.337 e. The molecule has 0 radical (unpaired) electrons.